The van der Waals surface area contributed by atoms with Gasteiger partial charge >= 0.3 is 0 Å². The van der Waals surface area contributed by atoms with Gasteiger partial charge < -0.3 is 14.6 Å². The van der Waals surface area contributed by atoms with Crippen LogP contribution >= 0.6 is 11.3 Å². The topological polar surface area (TPSA) is 68.1 Å². The highest BCUT2D eigenvalue weighted by Gasteiger charge is 2.24. The maximum Gasteiger partial charge on any atom is 0.211 e. The molecule has 4 heterocycles. The van der Waals surface area contributed by atoms with Gasteiger partial charge in [0.05, 0.1) is 12.3 Å². The van der Waals surface area contributed by atoms with E-state index in [-0.39, 0.29) is 6.10 Å². The minimum atomic E-state index is -0.0494. The molecule has 0 spiro atoms. The van der Waals surface area contributed by atoms with Crippen molar-refractivity contribution in [2.45, 2.75) is 19.6 Å². The third-order valence-corrected chi connectivity index (χ3v) is 6.14. The number of hydrogen-bond acceptors (Lipinski definition) is 7. The predicted octanol–water partition coefficient (Wildman–Crippen LogP) is 4.05. The van der Waals surface area contributed by atoms with Gasteiger partial charge in [0.25, 0.3) is 0 Å². The normalized spacial score (nSPS) is 17.5. The number of anilines is 2. The highest BCUT2D eigenvalue weighted by Crippen LogP contribution is 2.27. The molecule has 1 aliphatic heterocycles. The van der Waals surface area contributed by atoms with Crippen LogP contribution in [0.4, 0.5) is 10.9 Å². The molecule has 30 heavy (non-hydrogen) atoms. The number of para-hydroxylation sites is 1. The Balaban J connectivity index is 1.31. The molecule has 1 unspecified atom stereocenters. The van der Waals surface area contributed by atoms with Crippen molar-refractivity contribution in [1.82, 2.24) is 24.6 Å². The smallest absolute Gasteiger partial charge is 0.211 e. The van der Waals surface area contributed by atoms with Gasteiger partial charge in [-0.25, -0.2) is 4.98 Å². The molecular formula is C22H24N6OS. The number of hydrogen-bond donors (Lipinski definition) is 1. The quantitative estimate of drug-likeness (QED) is 0.525. The van der Waals surface area contributed by atoms with E-state index in [9.17, 15) is 0 Å². The van der Waals surface area contributed by atoms with E-state index < -0.39 is 0 Å². The average molecular weight is 421 g/mol. The first-order valence-corrected chi connectivity index (χ1v) is 10.9. The number of aromatic nitrogens is 4. The highest BCUT2D eigenvalue weighted by atomic mass is 32.1. The van der Waals surface area contributed by atoms with Crippen LogP contribution in [-0.2, 0) is 18.3 Å². The molecule has 3 aromatic heterocycles. The van der Waals surface area contributed by atoms with E-state index in [2.05, 4.69) is 62.5 Å². The largest absolute Gasteiger partial charge is 0.369 e. The molecule has 1 atom stereocenters. The van der Waals surface area contributed by atoms with Crippen LogP contribution < -0.4 is 5.32 Å². The number of aryl methyl sites for hydroxylation is 2. The van der Waals surface area contributed by atoms with Gasteiger partial charge in [-0.05, 0) is 30.7 Å². The molecule has 0 aliphatic carbocycles. The van der Waals surface area contributed by atoms with Gasteiger partial charge in [-0.15, -0.1) is 10.2 Å². The van der Waals surface area contributed by atoms with Crippen LogP contribution in [0.3, 0.4) is 0 Å². The number of benzene rings is 1. The molecule has 0 radical (unpaired) electrons. The fourth-order valence-electron chi connectivity index (χ4n) is 3.97. The summed E-state index contributed by atoms with van der Waals surface area (Å²) in [5.74, 6) is 0.762. The molecule has 154 valence electrons. The summed E-state index contributed by atoms with van der Waals surface area (Å²) in [6.45, 7) is 5.28. The van der Waals surface area contributed by atoms with Gasteiger partial charge in [-0.2, -0.15) is 0 Å². The molecule has 7 nitrogen and oxygen atoms in total. The summed E-state index contributed by atoms with van der Waals surface area (Å²) in [7, 11) is 2.11. The van der Waals surface area contributed by atoms with Gasteiger partial charge in [0.15, 0.2) is 0 Å². The second-order valence-electron chi connectivity index (χ2n) is 7.58. The Hall–Kier alpha value is -2.81. The van der Waals surface area contributed by atoms with Gasteiger partial charge in [-0.3, -0.25) is 4.90 Å². The van der Waals surface area contributed by atoms with Crippen LogP contribution in [0.5, 0.6) is 0 Å². The molecule has 1 aromatic carbocycles. The van der Waals surface area contributed by atoms with Crippen molar-refractivity contribution in [3.8, 4) is 0 Å². The van der Waals surface area contributed by atoms with E-state index in [0.717, 1.165) is 41.3 Å². The average Bonchev–Trinajstić information content (AvgIpc) is 3.31. The van der Waals surface area contributed by atoms with Crippen molar-refractivity contribution in [3.05, 3.63) is 64.9 Å². The van der Waals surface area contributed by atoms with Gasteiger partial charge in [0, 0.05) is 43.8 Å². The van der Waals surface area contributed by atoms with E-state index in [1.54, 1.807) is 0 Å². The Morgan fingerprint density at radius 2 is 2.07 bits per heavy atom. The third kappa shape index (κ3) is 3.94. The first-order valence-electron chi connectivity index (χ1n) is 10.1. The maximum absolute atomic E-state index is 6.07. The van der Waals surface area contributed by atoms with E-state index in [4.69, 9.17) is 9.72 Å². The molecule has 8 heteroatoms. The van der Waals surface area contributed by atoms with Crippen molar-refractivity contribution in [2.75, 3.05) is 25.0 Å². The molecule has 1 saturated heterocycles. The Bertz CT molecular complexity index is 1170. The first kappa shape index (κ1) is 19.2. The SMILES string of the molecule is Cc1nnc(Nc2cccc(C3CN(Cc4cn(C)c5ccccc45)CCO3)n2)s1. The molecule has 0 bridgehead atoms. The second kappa shape index (κ2) is 8.14. The molecule has 5 rings (SSSR count). The first-order chi connectivity index (χ1) is 14.7. The van der Waals surface area contributed by atoms with Crippen LogP contribution in [0.2, 0.25) is 0 Å². The molecule has 1 aliphatic rings. The summed E-state index contributed by atoms with van der Waals surface area (Å²) >= 11 is 1.51. The lowest BCUT2D eigenvalue weighted by molar-refractivity contribution is -0.0348. The van der Waals surface area contributed by atoms with Crippen molar-refractivity contribution in [1.29, 1.82) is 0 Å². The van der Waals surface area contributed by atoms with Gasteiger partial charge in [-0.1, -0.05) is 35.6 Å². The fourth-order valence-corrected chi connectivity index (χ4v) is 4.57. The lowest BCUT2D eigenvalue weighted by Crippen LogP contribution is -2.38. The van der Waals surface area contributed by atoms with Gasteiger partial charge in [0.1, 0.15) is 16.9 Å². The van der Waals surface area contributed by atoms with Crippen molar-refractivity contribution in [3.63, 3.8) is 0 Å². The van der Waals surface area contributed by atoms with E-state index in [0.29, 0.717) is 6.61 Å². The molecular weight excluding hydrogens is 396 g/mol. The van der Waals surface area contributed by atoms with Crippen LogP contribution in [0.15, 0.2) is 48.7 Å². The minimum absolute atomic E-state index is 0.0494. The Labute approximate surface area is 179 Å². The van der Waals surface area contributed by atoms with Crippen molar-refractivity contribution in [2.24, 2.45) is 7.05 Å². The minimum Gasteiger partial charge on any atom is -0.369 e. The standard InChI is InChI=1S/C22H24N6OS/c1-15-25-26-22(30-15)24-21-9-5-7-18(23-21)20-14-28(10-11-29-20)13-16-12-27(2)19-8-4-3-6-17(16)19/h3-9,12,20H,10-11,13-14H2,1-2H3,(H,23,24,26). The highest BCUT2D eigenvalue weighted by molar-refractivity contribution is 7.15. The number of nitrogens with one attached hydrogen (secondary N) is 1. The maximum atomic E-state index is 6.07. The molecule has 0 saturated carbocycles. The summed E-state index contributed by atoms with van der Waals surface area (Å²) in [5.41, 5.74) is 3.55. The van der Waals surface area contributed by atoms with Crippen LogP contribution in [-0.4, -0.2) is 44.3 Å². The monoisotopic (exact) mass is 420 g/mol. The summed E-state index contributed by atoms with van der Waals surface area (Å²) in [5, 5.41) is 14.4. The van der Waals surface area contributed by atoms with Crippen LogP contribution in [0, 0.1) is 6.92 Å². The van der Waals surface area contributed by atoms with E-state index in [1.165, 1.54) is 27.8 Å². The fraction of sp³-hybridized carbons (Fsp3) is 0.318. The molecule has 0 amide bonds. The zero-order valence-electron chi connectivity index (χ0n) is 17.1. The lowest BCUT2D eigenvalue weighted by Gasteiger charge is -2.32. The summed E-state index contributed by atoms with van der Waals surface area (Å²) in [4.78, 5) is 7.22. The Kier molecular flexibility index (Phi) is 5.20. The molecule has 1 N–H and O–H groups in total. The number of ether oxygens (including phenoxy) is 1. The van der Waals surface area contributed by atoms with Crippen LogP contribution in [0.25, 0.3) is 10.9 Å². The zero-order chi connectivity index (χ0) is 20.5. The summed E-state index contributed by atoms with van der Waals surface area (Å²) < 4.78 is 8.27. The van der Waals surface area contributed by atoms with Crippen LogP contribution in [0.1, 0.15) is 22.4 Å². The zero-order valence-corrected chi connectivity index (χ0v) is 17.9. The molecule has 1 fully saturated rings. The summed E-state index contributed by atoms with van der Waals surface area (Å²) in [6.07, 6.45) is 2.19. The second-order valence-corrected chi connectivity index (χ2v) is 8.76. The van der Waals surface area contributed by atoms with E-state index >= 15 is 0 Å². The van der Waals surface area contributed by atoms with Crippen molar-refractivity contribution < 1.29 is 4.74 Å². The number of morpholine rings is 1. The number of rotatable bonds is 5. The molecule has 4 aromatic rings. The van der Waals surface area contributed by atoms with Crippen molar-refractivity contribution >= 4 is 33.2 Å². The lowest BCUT2D eigenvalue weighted by atomic mass is 10.1. The Morgan fingerprint density at radius 3 is 2.93 bits per heavy atom. The Morgan fingerprint density at radius 1 is 1.17 bits per heavy atom. The van der Waals surface area contributed by atoms with E-state index in [1.807, 2.05) is 25.1 Å². The number of pyridine rings is 1. The number of nitrogens with zero attached hydrogens (tertiary/aromatic N) is 5. The third-order valence-electron chi connectivity index (χ3n) is 5.39. The number of fused-ring (bicyclic) bond motifs is 1. The predicted molar refractivity (Wildman–Crippen MR) is 119 cm³/mol. The summed E-state index contributed by atoms with van der Waals surface area (Å²) in [6, 6.07) is 14.5. The van der Waals surface area contributed by atoms with Gasteiger partial charge in [0.2, 0.25) is 5.13 Å².